The molecule has 1 amide bonds. The Morgan fingerprint density at radius 1 is 0.975 bits per heavy atom. The fourth-order valence-electron chi connectivity index (χ4n) is 4.23. The van der Waals surface area contributed by atoms with Crippen molar-refractivity contribution >= 4 is 17.8 Å². The number of pyridine rings is 1. The Hall–Kier alpha value is -3.82. The molecule has 0 saturated carbocycles. The van der Waals surface area contributed by atoms with Crippen LogP contribution in [0, 0.1) is 5.41 Å². The largest absolute Gasteiger partial charge is 0.490 e. The van der Waals surface area contributed by atoms with Gasteiger partial charge in [0.2, 0.25) is 5.88 Å². The molecule has 10 nitrogen and oxygen atoms in total. The van der Waals surface area contributed by atoms with E-state index in [1.165, 1.54) is 0 Å². The number of likely N-dealkylation sites (tertiary alicyclic amines) is 2. The van der Waals surface area contributed by atoms with Crippen LogP contribution in [0.2, 0.25) is 0 Å². The molecule has 0 unspecified atom stereocenters. The molecular weight excluding hydrogens is 556 g/mol. The highest BCUT2D eigenvalue weighted by Crippen LogP contribution is 2.41. The fraction of sp³-hybridized carbons (Fsp3) is 0.500. The van der Waals surface area contributed by atoms with Crippen molar-refractivity contribution < 1.29 is 60.1 Å². The Balaban J connectivity index is 0.000000333. The first-order valence-corrected chi connectivity index (χ1v) is 11.7. The highest BCUT2D eigenvalue weighted by molar-refractivity contribution is 5.91. The van der Waals surface area contributed by atoms with Crippen molar-refractivity contribution in [2.24, 2.45) is 5.41 Å². The predicted octanol–water partition coefficient (Wildman–Crippen LogP) is 4.08. The van der Waals surface area contributed by atoms with E-state index in [-0.39, 0.29) is 11.3 Å². The predicted molar refractivity (Wildman–Crippen MR) is 124 cm³/mol. The minimum Gasteiger partial charge on any atom is -0.481 e. The Morgan fingerprint density at radius 3 is 2.00 bits per heavy atom. The molecule has 40 heavy (non-hydrogen) atoms. The van der Waals surface area contributed by atoms with Gasteiger partial charge in [0.15, 0.2) is 5.76 Å². The topological polar surface area (TPSA) is 133 Å². The van der Waals surface area contributed by atoms with Crippen molar-refractivity contribution in [3.05, 3.63) is 48.0 Å². The minimum atomic E-state index is -5.08. The quantitative estimate of drug-likeness (QED) is 0.511. The molecule has 0 bridgehead atoms. The van der Waals surface area contributed by atoms with Crippen molar-refractivity contribution in [2.75, 3.05) is 33.3 Å². The first-order valence-electron chi connectivity index (χ1n) is 11.7. The van der Waals surface area contributed by atoms with Crippen LogP contribution in [0.25, 0.3) is 0 Å². The fourth-order valence-corrected chi connectivity index (χ4v) is 4.23. The van der Waals surface area contributed by atoms with Crippen LogP contribution in [-0.2, 0) is 16.1 Å². The van der Waals surface area contributed by atoms with Crippen LogP contribution < -0.4 is 4.74 Å². The van der Waals surface area contributed by atoms with Gasteiger partial charge in [0, 0.05) is 31.4 Å². The maximum Gasteiger partial charge on any atom is 0.490 e. The van der Waals surface area contributed by atoms with Crippen LogP contribution in [-0.4, -0.2) is 88.5 Å². The van der Waals surface area contributed by atoms with Crippen LogP contribution in [0.3, 0.4) is 0 Å². The second kappa shape index (κ2) is 13.5. The molecule has 0 aliphatic carbocycles. The lowest BCUT2D eigenvalue weighted by Crippen LogP contribution is -2.42. The molecular formula is C24H27F6N3O7. The number of aliphatic carboxylic acids is 2. The number of halogens is 6. The number of carbonyl (C=O) groups is 3. The van der Waals surface area contributed by atoms with Crippen LogP contribution in [0.4, 0.5) is 26.3 Å². The summed E-state index contributed by atoms with van der Waals surface area (Å²) in [5.41, 5.74) is 1.39. The number of ether oxygens (including phenoxy) is 1. The van der Waals surface area contributed by atoms with Crippen molar-refractivity contribution in [3.8, 4) is 5.88 Å². The second-order valence-electron chi connectivity index (χ2n) is 9.01. The summed E-state index contributed by atoms with van der Waals surface area (Å²) in [6.45, 7) is 4.62. The van der Waals surface area contributed by atoms with E-state index in [2.05, 4.69) is 16.0 Å². The third-order valence-corrected chi connectivity index (χ3v) is 6.30. The van der Waals surface area contributed by atoms with Gasteiger partial charge in [-0.1, -0.05) is 6.07 Å². The van der Waals surface area contributed by atoms with E-state index in [0.29, 0.717) is 11.6 Å². The Bertz CT molecular complexity index is 1110. The third-order valence-electron chi connectivity index (χ3n) is 6.30. The number of carbonyl (C=O) groups excluding carboxylic acids is 1. The molecule has 2 fully saturated rings. The average molecular weight is 583 g/mol. The number of aromatic nitrogens is 1. The first kappa shape index (κ1) is 32.4. The van der Waals surface area contributed by atoms with Crippen LogP contribution in [0.1, 0.15) is 35.4 Å². The van der Waals surface area contributed by atoms with Gasteiger partial charge in [0.25, 0.3) is 5.91 Å². The summed E-state index contributed by atoms with van der Waals surface area (Å²) in [7, 11) is 1.67. The summed E-state index contributed by atoms with van der Waals surface area (Å²) < 4.78 is 74.1. The molecule has 0 radical (unpaired) electrons. The number of carboxylic acid groups (broad SMARTS) is 2. The molecule has 2 aliphatic rings. The highest BCUT2D eigenvalue weighted by Gasteiger charge is 2.42. The number of hydrogen-bond acceptors (Lipinski definition) is 7. The van der Waals surface area contributed by atoms with Gasteiger partial charge in [0.1, 0.15) is 0 Å². The Labute approximate surface area is 224 Å². The highest BCUT2D eigenvalue weighted by atomic mass is 19.4. The average Bonchev–Trinajstić information content (AvgIpc) is 3.56. The van der Waals surface area contributed by atoms with Crippen molar-refractivity contribution in [1.82, 2.24) is 14.8 Å². The van der Waals surface area contributed by atoms with Crippen molar-refractivity contribution in [2.45, 2.75) is 38.2 Å². The molecule has 0 aromatic carbocycles. The number of amides is 1. The number of piperidine rings is 1. The molecule has 222 valence electrons. The first-order chi connectivity index (χ1) is 18.6. The van der Waals surface area contributed by atoms with E-state index >= 15 is 0 Å². The smallest absolute Gasteiger partial charge is 0.481 e. The SMILES string of the molecule is COc1ncccc1CN1CCC2(CC1)CCN(C(=O)c1ccco1)C2.O=C(O)C(F)(F)F.O=C(O)C(F)(F)F. The zero-order valence-electron chi connectivity index (χ0n) is 21.2. The zero-order valence-corrected chi connectivity index (χ0v) is 21.2. The maximum atomic E-state index is 12.5. The third kappa shape index (κ3) is 9.43. The van der Waals surface area contributed by atoms with Gasteiger partial charge >= 0.3 is 24.3 Å². The lowest BCUT2D eigenvalue weighted by Gasteiger charge is -2.39. The van der Waals surface area contributed by atoms with Gasteiger partial charge in [-0.3, -0.25) is 9.69 Å². The van der Waals surface area contributed by atoms with Crippen LogP contribution in [0.5, 0.6) is 5.88 Å². The molecule has 4 rings (SSSR count). The van der Waals surface area contributed by atoms with Crippen molar-refractivity contribution in [1.29, 1.82) is 0 Å². The number of nitrogens with zero attached hydrogens (tertiary/aromatic N) is 3. The molecule has 2 N–H and O–H groups in total. The molecule has 0 atom stereocenters. The second-order valence-corrected chi connectivity index (χ2v) is 9.01. The zero-order chi connectivity index (χ0) is 30.1. The minimum absolute atomic E-state index is 0.0226. The van der Waals surface area contributed by atoms with E-state index in [1.807, 2.05) is 11.0 Å². The van der Waals surface area contributed by atoms with Gasteiger partial charge in [-0.15, -0.1) is 0 Å². The summed E-state index contributed by atoms with van der Waals surface area (Å²) in [6, 6.07) is 7.55. The maximum absolute atomic E-state index is 12.5. The number of alkyl halides is 6. The summed E-state index contributed by atoms with van der Waals surface area (Å²) in [6.07, 6.45) is -3.51. The van der Waals surface area contributed by atoms with E-state index in [0.717, 1.165) is 57.5 Å². The molecule has 2 saturated heterocycles. The molecule has 2 aliphatic heterocycles. The number of methoxy groups -OCH3 is 1. The van der Waals surface area contributed by atoms with Crippen LogP contribution >= 0.6 is 0 Å². The molecule has 16 heteroatoms. The van der Waals surface area contributed by atoms with Gasteiger partial charge < -0.3 is 24.3 Å². The van der Waals surface area contributed by atoms with E-state index in [4.69, 9.17) is 29.0 Å². The lowest BCUT2D eigenvalue weighted by molar-refractivity contribution is -0.193. The standard InChI is InChI=1S/C20H25N3O3.2C2HF3O2/c1-25-18-16(4-2-9-21-18)14-22-10-6-20(7-11-22)8-12-23(15-20)19(24)17-5-3-13-26-17;2*3-2(4,5)1(6)7/h2-5,9,13H,6-8,10-12,14-15H2,1H3;2*(H,6,7). The molecule has 1 spiro atoms. The van der Waals surface area contributed by atoms with Crippen LogP contribution in [0.15, 0.2) is 41.1 Å². The van der Waals surface area contributed by atoms with E-state index < -0.39 is 24.3 Å². The number of rotatable bonds is 4. The number of furan rings is 1. The summed E-state index contributed by atoms with van der Waals surface area (Å²) in [5.74, 6) is -4.33. The van der Waals surface area contributed by atoms with Gasteiger partial charge in [-0.05, 0) is 56.0 Å². The Kier molecular flexibility index (Phi) is 10.9. The van der Waals surface area contributed by atoms with Gasteiger partial charge in [-0.2, -0.15) is 26.3 Å². The summed E-state index contributed by atoms with van der Waals surface area (Å²) in [5, 5.41) is 14.2. The van der Waals surface area contributed by atoms with E-state index in [9.17, 15) is 31.1 Å². The van der Waals surface area contributed by atoms with Crippen molar-refractivity contribution in [3.63, 3.8) is 0 Å². The Morgan fingerprint density at radius 2 is 1.52 bits per heavy atom. The number of carboxylic acids is 2. The summed E-state index contributed by atoms with van der Waals surface area (Å²) in [4.78, 5) is 39.0. The normalized spacial score (nSPS) is 16.8. The molecule has 2 aromatic rings. The van der Waals surface area contributed by atoms with Gasteiger partial charge in [0.05, 0.1) is 13.4 Å². The summed E-state index contributed by atoms with van der Waals surface area (Å²) >= 11 is 0. The monoisotopic (exact) mass is 583 g/mol. The van der Waals surface area contributed by atoms with E-state index in [1.54, 1.807) is 31.7 Å². The molecule has 4 heterocycles. The number of hydrogen-bond donors (Lipinski definition) is 2. The lowest BCUT2D eigenvalue weighted by atomic mass is 9.77. The molecule has 2 aromatic heterocycles. The van der Waals surface area contributed by atoms with Gasteiger partial charge in [-0.25, -0.2) is 14.6 Å².